The zero-order valence-electron chi connectivity index (χ0n) is 22.2. The van der Waals surface area contributed by atoms with Gasteiger partial charge in [0.1, 0.15) is 6.10 Å². The normalized spacial score (nSPS) is 17.6. The molecule has 0 saturated heterocycles. The summed E-state index contributed by atoms with van der Waals surface area (Å²) in [5.41, 5.74) is -2.35. The van der Waals surface area contributed by atoms with Gasteiger partial charge in [-0.05, 0) is 43.9 Å². The van der Waals surface area contributed by atoms with Gasteiger partial charge in [0.05, 0.1) is 12.8 Å². The maximum absolute atomic E-state index is 12.3. The highest BCUT2D eigenvalue weighted by molar-refractivity contribution is 5.88. The molecular formula is C28H50O7. The molecule has 1 aliphatic carbocycles. The lowest BCUT2D eigenvalue weighted by Crippen LogP contribution is -2.43. The van der Waals surface area contributed by atoms with E-state index in [0.717, 1.165) is 25.7 Å². The molecule has 1 saturated carbocycles. The van der Waals surface area contributed by atoms with Gasteiger partial charge in [-0.1, -0.05) is 90.9 Å². The van der Waals surface area contributed by atoms with E-state index >= 15 is 0 Å². The van der Waals surface area contributed by atoms with Crippen LogP contribution >= 0.6 is 0 Å². The number of carbonyl (C=O) groups is 3. The van der Waals surface area contributed by atoms with E-state index in [0.29, 0.717) is 5.41 Å². The van der Waals surface area contributed by atoms with Gasteiger partial charge in [0, 0.05) is 0 Å². The van der Waals surface area contributed by atoms with Crippen molar-refractivity contribution >= 4 is 17.9 Å². The molecule has 0 aromatic carbocycles. The summed E-state index contributed by atoms with van der Waals surface area (Å²) in [5.74, 6) is -4.05. The smallest absolute Gasteiger partial charge is 0.336 e. The summed E-state index contributed by atoms with van der Waals surface area (Å²) in [6, 6.07) is 0. The lowest BCUT2D eigenvalue weighted by atomic mass is 9.67. The van der Waals surface area contributed by atoms with E-state index in [1.54, 1.807) is 0 Å². The van der Waals surface area contributed by atoms with Crippen molar-refractivity contribution in [2.75, 3.05) is 0 Å². The number of hydrogen-bond acceptors (Lipinski definition) is 5. The lowest BCUT2D eigenvalue weighted by molar-refractivity contribution is -0.174. The molecule has 0 aliphatic heterocycles. The van der Waals surface area contributed by atoms with Crippen molar-refractivity contribution in [2.24, 2.45) is 5.41 Å². The molecule has 1 atom stereocenters. The first-order valence-corrected chi connectivity index (χ1v) is 14.0. The topological polar surface area (TPSA) is 121 Å². The fraction of sp³-hybridized carbons (Fsp3) is 0.893. The predicted molar refractivity (Wildman–Crippen MR) is 136 cm³/mol. The van der Waals surface area contributed by atoms with Crippen LogP contribution in [0.2, 0.25) is 0 Å². The molecule has 0 heterocycles. The molecule has 0 aromatic heterocycles. The minimum atomic E-state index is -2.64. The molecule has 7 heteroatoms. The molecule has 7 nitrogen and oxygen atoms in total. The molecule has 0 radical (unpaired) electrons. The number of carboxylic acids is 2. The van der Waals surface area contributed by atoms with Crippen LogP contribution in [0.1, 0.15) is 142 Å². The Bertz CT molecular complexity index is 607. The molecule has 204 valence electrons. The first kappa shape index (κ1) is 31.4. The molecule has 1 unspecified atom stereocenters. The molecule has 1 fully saturated rings. The lowest BCUT2D eigenvalue weighted by Gasteiger charge is -2.40. The Morgan fingerprint density at radius 2 is 1.23 bits per heavy atom. The minimum absolute atomic E-state index is 0.295. The van der Waals surface area contributed by atoms with Crippen molar-refractivity contribution in [3.63, 3.8) is 0 Å². The molecular weight excluding hydrogens is 448 g/mol. The van der Waals surface area contributed by atoms with Gasteiger partial charge < -0.3 is 20.1 Å². The summed E-state index contributed by atoms with van der Waals surface area (Å²) in [6.07, 6.45) is 19.0. The highest BCUT2D eigenvalue weighted by atomic mass is 16.5. The molecule has 3 N–H and O–H groups in total. The third-order valence-corrected chi connectivity index (χ3v) is 7.69. The predicted octanol–water partition coefficient (Wildman–Crippen LogP) is 6.64. The third-order valence-electron chi connectivity index (χ3n) is 7.69. The first-order chi connectivity index (χ1) is 16.7. The maximum Gasteiger partial charge on any atom is 0.336 e. The molecule has 0 spiro atoms. The number of aliphatic hydroxyl groups is 1. The van der Waals surface area contributed by atoms with Gasteiger partial charge in [-0.2, -0.15) is 0 Å². The standard InChI is InChI=1S/C28H50O7/c1-3-5-7-9-11-13-17-27(18-14-12-10-8-6-4-2)19-15-23(16-20-27)35-25(31)22-28(34,26(32)33)21-24(29)30/h23,34H,3-22H2,1-2H3,(H,29,30)(H,32,33). The van der Waals surface area contributed by atoms with E-state index in [1.807, 2.05) is 0 Å². The van der Waals surface area contributed by atoms with E-state index in [4.69, 9.17) is 9.84 Å². The van der Waals surface area contributed by atoms with E-state index in [-0.39, 0.29) is 6.10 Å². The van der Waals surface area contributed by atoms with Crippen molar-refractivity contribution in [1.29, 1.82) is 0 Å². The van der Waals surface area contributed by atoms with Crippen LogP contribution in [0.3, 0.4) is 0 Å². The number of hydrogen-bond donors (Lipinski definition) is 3. The fourth-order valence-electron chi connectivity index (χ4n) is 5.44. The molecule has 35 heavy (non-hydrogen) atoms. The Morgan fingerprint density at radius 1 is 0.771 bits per heavy atom. The Labute approximate surface area is 212 Å². The highest BCUT2D eigenvalue weighted by Crippen LogP contribution is 2.45. The van der Waals surface area contributed by atoms with Crippen molar-refractivity contribution in [1.82, 2.24) is 0 Å². The van der Waals surface area contributed by atoms with Crippen LogP contribution in [-0.4, -0.2) is 44.9 Å². The summed E-state index contributed by atoms with van der Waals surface area (Å²) >= 11 is 0. The van der Waals surface area contributed by atoms with Crippen LogP contribution in [0.15, 0.2) is 0 Å². The first-order valence-electron chi connectivity index (χ1n) is 14.0. The largest absolute Gasteiger partial charge is 0.481 e. The zero-order chi connectivity index (χ0) is 26.2. The molecule has 1 rings (SSSR count). The second kappa shape index (κ2) is 16.9. The van der Waals surface area contributed by atoms with E-state index in [2.05, 4.69) is 13.8 Å². The summed E-state index contributed by atoms with van der Waals surface area (Å²) in [5, 5.41) is 28.2. The molecule has 0 amide bonds. The van der Waals surface area contributed by atoms with Crippen molar-refractivity contribution in [3.8, 4) is 0 Å². The second-order valence-corrected chi connectivity index (χ2v) is 10.8. The SMILES string of the molecule is CCCCCCCCC1(CCCCCCCC)CCC(OC(=O)CC(O)(CC(=O)O)C(=O)O)CC1. The van der Waals surface area contributed by atoms with Gasteiger partial charge in [0.15, 0.2) is 5.60 Å². The molecule has 0 bridgehead atoms. The van der Waals surface area contributed by atoms with Crippen LogP contribution in [0.4, 0.5) is 0 Å². The average Bonchev–Trinajstić information content (AvgIpc) is 2.79. The van der Waals surface area contributed by atoms with E-state index < -0.39 is 36.4 Å². The number of ether oxygens (including phenoxy) is 1. The van der Waals surface area contributed by atoms with E-state index in [9.17, 15) is 24.6 Å². The monoisotopic (exact) mass is 498 g/mol. The number of aliphatic carboxylic acids is 2. The second-order valence-electron chi connectivity index (χ2n) is 10.8. The minimum Gasteiger partial charge on any atom is -0.481 e. The number of esters is 1. The van der Waals surface area contributed by atoms with Gasteiger partial charge in [-0.3, -0.25) is 9.59 Å². The number of rotatable bonds is 20. The Kier molecular flexibility index (Phi) is 15.2. The Hall–Kier alpha value is -1.63. The molecule has 0 aromatic rings. The quantitative estimate of drug-likeness (QED) is 0.127. The summed E-state index contributed by atoms with van der Waals surface area (Å²) < 4.78 is 5.50. The van der Waals surface area contributed by atoms with Gasteiger partial charge in [-0.15, -0.1) is 0 Å². The maximum atomic E-state index is 12.3. The van der Waals surface area contributed by atoms with Gasteiger partial charge >= 0.3 is 17.9 Å². The summed E-state index contributed by atoms with van der Waals surface area (Å²) in [4.78, 5) is 34.6. The van der Waals surface area contributed by atoms with Crippen molar-refractivity contribution in [2.45, 2.75) is 154 Å². The number of carboxylic acid groups (broad SMARTS) is 2. The Balaban J connectivity index is 2.58. The van der Waals surface area contributed by atoms with Crippen LogP contribution in [0.25, 0.3) is 0 Å². The van der Waals surface area contributed by atoms with Crippen molar-refractivity contribution < 1.29 is 34.4 Å². The Morgan fingerprint density at radius 3 is 1.66 bits per heavy atom. The van der Waals surface area contributed by atoms with Crippen LogP contribution in [0, 0.1) is 5.41 Å². The van der Waals surface area contributed by atoms with Gasteiger partial charge in [0.25, 0.3) is 0 Å². The van der Waals surface area contributed by atoms with Crippen LogP contribution < -0.4 is 0 Å². The highest BCUT2D eigenvalue weighted by Gasteiger charge is 2.42. The van der Waals surface area contributed by atoms with E-state index in [1.165, 1.54) is 89.9 Å². The van der Waals surface area contributed by atoms with Gasteiger partial charge in [0.2, 0.25) is 0 Å². The third kappa shape index (κ3) is 12.8. The van der Waals surface area contributed by atoms with Crippen molar-refractivity contribution in [3.05, 3.63) is 0 Å². The fourth-order valence-corrected chi connectivity index (χ4v) is 5.44. The van der Waals surface area contributed by atoms with Gasteiger partial charge in [-0.25, -0.2) is 4.79 Å². The molecule has 1 aliphatic rings. The van der Waals surface area contributed by atoms with Crippen LogP contribution in [0.5, 0.6) is 0 Å². The summed E-state index contributed by atoms with van der Waals surface area (Å²) in [7, 11) is 0. The average molecular weight is 499 g/mol. The number of unbranched alkanes of at least 4 members (excludes halogenated alkanes) is 10. The number of carbonyl (C=O) groups excluding carboxylic acids is 1. The summed E-state index contributed by atoms with van der Waals surface area (Å²) in [6.45, 7) is 4.46. The zero-order valence-corrected chi connectivity index (χ0v) is 22.2. The van der Waals surface area contributed by atoms with Crippen LogP contribution in [-0.2, 0) is 19.1 Å².